The van der Waals surface area contributed by atoms with Crippen LogP contribution in [-0.2, 0) is 6.42 Å². The van der Waals surface area contributed by atoms with E-state index >= 15 is 0 Å². The van der Waals surface area contributed by atoms with Gasteiger partial charge in [-0.25, -0.2) is 0 Å². The lowest BCUT2D eigenvalue weighted by atomic mass is 10.1. The molecule has 0 aliphatic carbocycles. The number of nitrogens with zero attached hydrogens (tertiary/aromatic N) is 3. The zero-order valence-electron chi connectivity index (χ0n) is 14.0. The van der Waals surface area contributed by atoms with Crippen molar-refractivity contribution in [1.29, 1.82) is 0 Å². The van der Waals surface area contributed by atoms with Gasteiger partial charge in [-0.05, 0) is 50.4 Å². The number of likely N-dealkylation sites (tertiary alicyclic amines) is 2. The van der Waals surface area contributed by atoms with Crippen LogP contribution < -0.4 is 5.32 Å². The number of nitrogens with one attached hydrogen (secondary N) is 1. The number of furan rings is 1. The minimum atomic E-state index is 0. The predicted octanol–water partition coefficient (Wildman–Crippen LogP) is 2.43. The number of halogens is 1. The van der Waals surface area contributed by atoms with Gasteiger partial charge in [0.1, 0.15) is 5.76 Å². The van der Waals surface area contributed by atoms with Gasteiger partial charge in [0.05, 0.1) is 6.26 Å². The summed E-state index contributed by atoms with van der Waals surface area (Å²) in [4.78, 5) is 9.47. The van der Waals surface area contributed by atoms with Crippen molar-refractivity contribution < 1.29 is 4.42 Å². The lowest BCUT2D eigenvalue weighted by Gasteiger charge is -2.23. The third kappa shape index (κ3) is 5.38. The highest BCUT2D eigenvalue weighted by Crippen LogP contribution is 2.19. The molecule has 0 spiro atoms. The molecule has 5 nitrogen and oxygen atoms in total. The molecule has 23 heavy (non-hydrogen) atoms. The van der Waals surface area contributed by atoms with E-state index in [2.05, 4.69) is 20.1 Å². The Morgan fingerprint density at radius 3 is 2.87 bits per heavy atom. The Labute approximate surface area is 156 Å². The van der Waals surface area contributed by atoms with Crippen molar-refractivity contribution in [1.82, 2.24) is 15.1 Å². The number of hydrogen-bond donors (Lipinski definition) is 1. The Balaban J connectivity index is 0.00000192. The van der Waals surface area contributed by atoms with Crippen LogP contribution in [0.2, 0.25) is 0 Å². The van der Waals surface area contributed by atoms with Crippen molar-refractivity contribution in [2.45, 2.75) is 25.7 Å². The van der Waals surface area contributed by atoms with Gasteiger partial charge in [0.15, 0.2) is 5.96 Å². The normalized spacial score (nSPS) is 22.4. The second kappa shape index (κ2) is 9.52. The largest absolute Gasteiger partial charge is 0.469 e. The van der Waals surface area contributed by atoms with Crippen LogP contribution in [0.3, 0.4) is 0 Å². The SMILES string of the molecule is CN=C(NCCc1ccco1)N1CCC(CN2CCCC2)C1.I. The highest BCUT2D eigenvalue weighted by atomic mass is 127. The fourth-order valence-electron chi connectivity index (χ4n) is 3.59. The average Bonchev–Trinajstić information content (AvgIpc) is 3.27. The van der Waals surface area contributed by atoms with Crippen molar-refractivity contribution in [3.8, 4) is 0 Å². The van der Waals surface area contributed by atoms with Crippen molar-refractivity contribution in [3.63, 3.8) is 0 Å². The number of hydrogen-bond acceptors (Lipinski definition) is 3. The first-order valence-corrected chi connectivity index (χ1v) is 8.55. The predicted molar refractivity (Wildman–Crippen MR) is 105 cm³/mol. The van der Waals surface area contributed by atoms with Gasteiger partial charge in [-0.3, -0.25) is 4.99 Å². The molecule has 2 aliphatic heterocycles. The van der Waals surface area contributed by atoms with Gasteiger partial charge in [-0.2, -0.15) is 0 Å². The molecule has 6 heteroatoms. The number of guanidine groups is 1. The van der Waals surface area contributed by atoms with Gasteiger partial charge < -0.3 is 19.5 Å². The number of rotatable bonds is 5. The second-order valence-corrected chi connectivity index (χ2v) is 6.41. The van der Waals surface area contributed by atoms with E-state index in [0.29, 0.717) is 0 Å². The summed E-state index contributed by atoms with van der Waals surface area (Å²) < 4.78 is 5.37. The standard InChI is InChI=1S/C17H28N4O.HI/c1-18-17(19-8-6-16-5-4-12-22-16)21-11-7-15(14-21)13-20-9-2-3-10-20;/h4-5,12,15H,2-3,6-11,13-14H2,1H3,(H,18,19);1H. The van der Waals surface area contributed by atoms with Crippen molar-refractivity contribution in [2.75, 3.05) is 46.3 Å². The van der Waals surface area contributed by atoms with Crippen LogP contribution in [-0.4, -0.2) is 62.1 Å². The molecule has 1 atom stereocenters. The van der Waals surface area contributed by atoms with Crippen LogP contribution in [0.4, 0.5) is 0 Å². The van der Waals surface area contributed by atoms with Crippen molar-refractivity contribution in [2.24, 2.45) is 10.9 Å². The first-order chi connectivity index (χ1) is 10.8. The van der Waals surface area contributed by atoms with E-state index < -0.39 is 0 Å². The van der Waals surface area contributed by atoms with Crippen LogP contribution >= 0.6 is 24.0 Å². The summed E-state index contributed by atoms with van der Waals surface area (Å²) >= 11 is 0. The smallest absolute Gasteiger partial charge is 0.193 e. The summed E-state index contributed by atoms with van der Waals surface area (Å²) in [6.45, 7) is 6.99. The summed E-state index contributed by atoms with van der Waals surface area (Å²) in [5.74, 6) is 2.86. The van der Waals surface area contributed by atoms with Gasteiger partial charge in [0.25, 0.3) is 0 Å². The van der Waals surface area contributed by atoms with E-state index in [1.807, 2.05) is 19.2 Å². The van der Waals surface area contributed by atoms with Crippen LogP contribution in [0.15, 0.2) is 27.8 Å². The molecule has 1 aromatic rings. The highest BCUT2D eigenvalue weighted by Gasteiger charge is 2.27. The summed E-state index contributed by atoms with van der Waals surface area (Å²) in [7, 11) is 1.88. The molecule has 1 unspecified atom stereocenters. The van der Waals surface area contributed by atoms with Gasteiger partial charge in [0.2, 0.25) is 0 Å². The lowest BCUT2D eigenvalue weighted by molar-refractivity contribution is 0.281. The van der Waals surface area contributed by atoms with Crippen LogP contribution in [0.25, 0.3) is 0 Å². The molecule has 3 heterocycles. The topological polar surface area (TPSA) is 44.0 Å². The molecule has 0 bridgehead atoms. The summed E-state index contributed by atoms with van der Waals surface area (Å²) in [5, 5.41) is 3.47. The minimum Gasteiger partial charge on any atom is -0.469 e. The van der Waals surface area contributed by atoms with Gasteiger partial charge in [0, 0.05) is 39.6 Å². The van der Waals surface area contributed by atoms with Gasteiger partial charge in [-0.15, -0.1) is 24.0 Å². The average molecular weight is 432 g/mol. The fourth-order valence-corrected chi connectivity index (χ4v) is 3.59. The van der Waals surface area contributed by atoms with Gasteiger partial charge >= 0.3 is 0 Å². The third-order valence-corrected chi connectivity index (χ3v) is 4.75. The molecule has 0 amide bonds. The van der Waals surface area contributed by atoms with Crippen molar-refractivity contribution in [3.05, 3.63) is 24.2 Å². The maximum Gasteiger partial charge on any atom is 0.193 e. The molecule has 2 saturated heterocycles. The van der Waals surface area contributed by atoms with Crippen LogP contribution in [0.5, 0.6) is 0 Å². The zero-order valence-corrected chi connectivity index (χ0v) is 16.4. The molecular weight excluding hydrogens is 403 g/mol. The molecule has 1 N–H and O–H groups in total. The highest BCUT2D eigenvalue weighted by molar-refractivity contribution is 14.0. The molecule has 0 saturated carbocycles. The maximum atomic E-state index is 5.37. The Hall–Kier alpha value is -0.760. The Bertz CT molecular complexity index is 471. The minimum absolute atomic E-state index is 0. The molecule has 0 radical (unpaired) electrons. The van der Waals surface area contributed by atoms with E-state index in [9.17, 15) is 0 Å². The third-order valence-electron chi connectivity index (χ3n) is 4.75. The van der Waals surface area contributed by atoms with E-state index in [1.54, 1.807) is 6.26 Å². The van der Waals surface area contributed by atoms with Crippen molar-refractivity contribution >= 4 is 29.9 Å². The van der Waals surface area contributed by atoms with E-state index in [0.717, 1.165) is 43.7 Å². The quantitative estimate of drug-likeness (QED) is 0.441. The van der Waals surface area contributed by atoms with Gasteiger partial charge in [-0.1, -0.05) is 0 Å². The summed E-state index contributed by atoms with van der Waals surface area (Å²) in [5.41, 5.74) is 0. The van der Waals surface area contributed by atoms with Crippen LogP contribution in [0.1, 0.15) is 25.0 Å². The molecule has 1 aromatic heterocycles. The monoisotopic (exact) mass is 432 g/mol. The zero-order chi connectivity index (χ0) is 15.2. The second-order valence-electron chi connectivity index (χ2n) is 6.41. The molecule has 130 valence electrons. The molecule has 3 rings (SSSR count). The van der Waals surface area contributed by atoms with E-state index in [1.165, 1.54) is 38.9 Å². The summed E-state index contributed by atoms with van der Waals surface area (Å²) in [6, 6.07) is 3.96. The molecule has 2 fully saturated rings. The number of aliphatic imine (C=N–C) groups is 1. The Morgan fingerprint density at radius 1 is 1.35 bits per heavy atom. The maximum absolute atomic E-state index is 5.37. The first kappa shape index (κ1) is 18.6. The molecule has 2 aliphatic rings. The summed E-state index contributed by atoms with van der Waals surface area (Å²) in [6.07, 6.45) is 6.68. The first-order valence-electron chi connectivity index (χ1n) is 8.55. The molecule has 0 aromatic carbocycles. The Kier molecular flexibility index (Phi) is 7.69. The Morgan fingerprint density at radius 2 is 2.17 bits per heavy atom. The molecular formula is C17H29IN4O. The fraction of sp³-hybridized carbons (Fsp3) is 0.706. The van der Waals surface area contributed by atoms with E-state index in [-0.39, 0.29) is 24.0 Å². The lowest BCUT2D eigenvalue weighted by Crippen LogP contribution is -2.41. The van der Waals surface area contributed by atoms with Crippen LogP contribution in [0, 0.1) is 5.92 Å². The van der Waals surface area contributed by atoms with E-state index in [4.69, 9.17) is 4.42 Å².